The lowest BCUT2D eigenvalue weighted by molar-refractivity contribution is -0.274. The summed E-state index contributed by atoms with van der Waals surface area (Å²) in [4.78, 5) is 26.2. The predicted octanol–water partition coefficient (Wildman–Crippen LogP) is 6.06. The maximum absolute atomic E-state index is 13.0. The van der Waals surface area contributed by atoms with Crippen molar-refractivity contribution in [2.45, 2.75) is 58.2 Å². The van der Waals surface area contributed by atoms with Crippen LogP contribution in [0.15, 0.2) is 54.6 Å². The fourth-order valence-corrected chi connectivity index (χ4v) is 5.05. The molecule has 4 rings (SSSR count). The Morgan fingerprint density at radius 1 is 1.10 bits per heavy atom. The van der Waals surface area contributed by atoms with Crippen LogP contribution < -0.4 is 10.1 Å². The van der Waals surface area contributed by atoms with E-state index in [1.807, 2.05) is 25.3 Å². The van der Waals surface area contributed by atoms with Crippen LogP contribution in [-0.4, -0.2) is 56.7 Å². The number of nitrogens with one attached hydrogen (secondary N) is 1. The molecule has 11 heteroatoms. The molecule has 1 aliphatic heterocycles. The minimum atomic E-state index is -4.86. The number of aliphatic hydroxyl groups is 1. The number of alkyl halides is 3. The minimum Gasteiger partial charge on any atom is -0.465 e. The van der Waals surface area contributed by atoms with Gasteiger partial charge in [-0.2, -0.15) is 0 Å². The molecule has 3 aromatic rings. The Kier molecular flexibility index (Phi) is 8.15. The van der Waals surface area contributed by atoms with Gasteiger partial charge in [0.05, 0.1) is 18.3 Å². The van der Waals surface area contributed by atoms with Crippen molar-refractivity contribution in [3.8, 4) is 28.1 Å². The number of aromatic nitrogens is 1. The van der Waals surface area contributed by atoms with Crippen LogP contribution in [-0.2, 0) is 6.61 Å². The Morgan fingerprint density at radius 2 is 1.80 bits per heavy atom. The maximum Gasteiger partial charge on any atom is 0.573 e. The van der Waals surface area contributed by atoms with Gasteiger partial charge in [-0.25, -0.2) is 4.79 Å². The summed E-state index contributed by atoms with van der Waals surface area (Å²) < 4.78 is 44.8. The fraction of sp³-hybridized carbons (Fsp3) is 0.379. The third-order valence-corrected chi connectivity index (χ3v) is 6.88. The minimum absolute atomic E-state index is 0.158. The van der Waals surface area contributed by atoms with Gasteiger partial charge in [0.1, 0.15) is 11.4 Å². The number of aliphatic hydroxyl groups excluding tert-OH is 1. The van der Waals surface area contributed by atoms with Crippen molar-refractivity contribution in [3.63, 3.8) is 0 Å². The Morgan fingerprint density at radius 3 is 2.40 bits per heavy atom. The smallest absolute Gasteiger partial charge is 0.465 e. The van der Waals surface area contributed by atoms with Gasteiger partial charge < -0.3 is 29.7 Å². The highest BCUT2D eigenvalue weighted by molar-refractivity contribution is 5.98. The molecule has 1 aromatic heterocycles. The van der Waals surface area contributed by atoms with E-state index in [0.717, 1.165) is 0 Å². The second kappa shape index (κ2) is 11.2. The van der Waals surface area contributed by atoms with E-state index < -0.39 is 18.0 Å². The van der Waals surface area contributed by atoms with E-state index in [1.165, 1.54) is 23.1 Å². The number of rotatable bonds is 8. The Hall–Kier alpha value is -3.99. The van der Waals surface area contributed by atoms with Crippen LogP contribution in [0.2, 0.25) is 0 Å². The molecular weight excluding hydrogens is 527 g/mol. The normalized spacial score (nSPS) is 15.4. The number of benzene rings is 2. The first-order valence-corrected chi connectivity index (χ1v) is 12.9. The van der Waals surface area contributed by atoms with Crippen molar-refractivity contribution < 1.29 is 37.7 Å². The Bertz CT molecular complexity index is 1380. The van der Waals surface area contributed by atoms with E-state index in [9.17, 15) is 33.0 Å². The summed E-state index contributed by atoms with van der Waals surface area (Å²) in [5.74, 6) is -0.701. The Balaban J connectivity index is 1.79. The predicted molar refractivity (Wildman–Crippen MR) is 143 cm³/mol. The van der Waals surface area contributed by atoms with E-state index in [0.29, 0.717) is 59.6 Å². The van der Waals surface area contributed by atoms with Gasteiger partial charge in [0, 0.05) is 24.2 Å². The molecule has 1 atom stereocenters. The first-order chi connectivity index (χ1) is 18.8. The monoisotopic (exact) mass is 559 g/mol. The summed E-state index contributed by atoms with van der Waals surface area (Å²) in [6, 6.07) is 14.1. The average molecular weight is 560 g/mol. The van der Waals surface area contributed by atoms with Crippen molar-refractivity contribution in [2.24, 2.45) is 0 Å². The van der Waals surface area contributed by atoms with E-state index >= 15 is 0 Å². The second-order valence-electron chi connectivity index (χ2n) is 10.7. The molecule has 8 nitrogen and oxygen atoms in total. The zero-order valence-corrected chi connectivity index (χ0v) is 22.5. The van der Waals surface area contributed by atoms with Crippen molar-refractivity contribution in [1.29, 1.82) is 0 Å². The number of carbonyl (C=O) groups excluding carboxylic acids is 1. The number of hydrogen-bond donors (Lipinski definition) is 3. The average Bonchev–Trinajstić information content (AvgIpc) is 3.28. The summed E-state index contributed by atoms with van der Waals surface area (Å²) in [5.41, 5.74) is 2.77. The number of nitrogens with zero attached hydrogens (tertiary/aromatic N) is 2. The number of carbonyl (C=O) groups is 2. The molecule has 0 fully saturated rings. The van der Waals surface area contributed by atoms with Gasteiger partial charge in [-0.1, -0.05) is 36.4 Å². The number of halogens is 3. The SMILES string of the molecule is CC(C)(C)N(CCC[C@H]1CNC(=O)c2cc(-c3cccc(OC(F)(F)F)c3)c(-c3ccc(CO)cc3)n21)C(=O)O. The van der Waals surface area contributed by atoms with Crippen LogP contribution in [0.3, 0.4) is 0 Å². The molecule has 0 aliphatic carbocycles. The molecule has 2 amide bonds. The fourth-order valence-electron chi connectivity index (χ4n) is 5.05. The second-order valence-corrected chi connectivity index (χ2v) is 10.7. The first kappa shape index (κ1) is 29.0. The van der Waals surface area contributed by atoms with Crippen molar-refractivity contribution in [1.82, 2.24) is 14.8 Å². The molecule has 0 saturated heterocycles. The molecule has 0 saturated carbocycles. The van der Waals surface area contributed by atoms with Gasteiger partial charge in [0.15, 0.2) is 0 Å². The van der Waals surface area contributed by atoms with Gasteiger partial charge in [0.2, 0.25) is 0 Å². The van der Waals surface area contributed by atoms with Crippen LogP contribution in [0, 0.1) is 0 Å². The van der Waals surface area contributed by atoms with E-state index in [-0.39, 0.29) is 24.3 Å². The molecule has 0 spiro atoms. The highest BCUT2D eigenvalue weighted by Crippen LogP contribution is 2.41. The Labute approximate surface area is 230 Å². The lowest BCUT2D eigenvalue weighted by atomic mass is 9.99. The standard InChI is InChI=1S/C29H32F3N3O5/c1-28(2,3)34(27(38)39)13-5-7-21-16-33-26(37)24-15-23(20-6-4-8-22(14-20)40-29(30,31)32)25(35(21)24)19-11-9-18(17-36)10-12-19/h4,6,8-12,14-15,21,36H,5,7,13,16-17H2,1-3H3,(H,33,37)(H,38,39)/t21-/m0/s1. The summed E-state index contributed by atoms with van der Waals surface area (Å²) in [7, 11) is 0. The zero-order chi connectivity index (χ0) is 29.2. The highest BCUT2D eigenvalue weighted by Gasteiger charge is 2.33. The first-order valence-electron chi connectivity index (χ1n) is 12.9. The van der Waals surface area contributed by atoms with Gasteiger partial charge in [-0.05, 0) is 68.5 Å². The number of fused-ring (bicyclic) bond motifs is 1. The van der Waals surface area contributed by atoms with Crippen molar-refractivity contribution in [3.05, 3.63) is 65.9 Å². The quantitative estimate of drug-likeness (QED) is 0.312. The maximum atomic E-state index is 13.0. The third-order valence-electron chi connectivity index (χ3n) is 6.88. The summed E-state index contributed by atoms with van der Waals surface area (Å²) >= 11 is 0. The molecule has 40 heavy (non-hydrogen) atoms. The van der Waals surface area contributed by atoms with Crippen molar-refractivity contribution >= 4 is 12.0 Å². The summed E-state index contributed by atoms with van der Waals surface area (Å²) in [6.07, 6.45) is -4.81. The van der Waals surface area contributed by atoms with Gasteiger partial charge in [-0.3, -0.25) is 4.79 Å². The zero-order valence-electron chi connectivity index (χ0n) is 22.5. The number of amides is 2. The number of carboxylic acid groups (broad SMARTS) is 1. The topological polar surface area (TPSA) is 104 Å². The third kappa shape index (κ3) is 6.41. The molecule has 3 N–H and O–H groups in total. The van der Waals surface area contributed by atoms with Crippen LogP contribution in [0.25, 0.3) is 22.4 Å². The van der Waals surface area contributed by atoms with Crippen molar-refractivity contribution in [2.75, 3.05) is 13.1 Å². The molecule has 0 bridgehead atoms. The van der Waals surface area contributed by atoms with Crippen LogP contribution in [0.4, 0.5) is 18.0 Å². The lowest BCUT2D eigenvalue weighted by Gasteiger charge is -2.34. The van der Waals surface area contributed by atoms with Gasteiger partial charge in [-0.15, -0.1) is 13.2 Å². The van der Waals surface area contributed by atoms with Crippen LogP contribution in [0.5, 0.6) is 5.75 Å². The van der Waals surface area contributed by atoms with Gasteiger partial charge in [0.25, 0.3) is 5.91 Å². The molecule has 1 aliphatic rings. The number of ether oxygens (including phenoxy) is 1. The molecule has 2 heterocycles. The molecule has 0 unspecified atom stereocenters. The van der Waals surface area contributed by atoms with E-state index in [4.69, 9.17) is 0 Å². The van der Waals surface area contributed by atoms with E-state index in [2.05, 4.69) is 10.1 Å². The number of hydrogen-bond acceptors (Lipinski definition) is 4. The summed E-state index contributed by atoms with van der Waals surface area (Å²) in [5, 5.41) is 22.1. The molecule has 0 radical (unpaired) electrons. The van der Waals surface area contributed by atoms with Crippen LogP contribution >= 0.6 is 0 Å². The lowest BCUT2D eigenvalue weighted by Crippen LogP contribution is -2.45. The van der Waals surface area contributed by atoms with E-state index in [1.54, 1.807) is 36.4 Å². The van der Waals surface area contributed by atoms with Crippen LogP contribution in [0.1, 0.15) is 55.7 Å². The van der Waals surface area contributed by atoms with Gasteiger partial charge >= 0.3 is 12.5 Å². The summed E-state index contributed by atoms with van der Waals surface area (Å²) in [6.45, 7) is 5.91. The largest absolute Gasteiger partial charge is 0.573 e. The highest BCUT2D eigenvalue weighted by atomic mass is 19.4. The molecule has 2 aromatic carbocycles. The molecule has 214 valence electrons. The molecular formula is C29H32F3N3O5.